The smallest absolute Gasteiger partial charge is 0.258 e. The van der Waals surface area contributed by atoms with Crippen LogP contribution < -0.4 is 10.1 Å². The average molecular weight is 287 g/mol. The fourth-order valence-corrected chi connectivity index (χ4v) is 2.18. The number of nitrogens with zero attached hydrogens (tertiary/aromatic N) is 2. The molecule has 1 amide bonds. The molecule has 110 valence electrons. The zero-order chi connectivity index (χ0) is 14.5. The van der Waals surface area contributed by atoms with E-state index < -0.39 is 0 Å². The molecular formula is C15H17N3O3. The summed E-state index contributed by atoms with van der Waals surface area (Å²) >= 11 is 0. The Morgan fingerprint density at radius 3 is 3.14 bits per heavy atom. The lowest BCUT2D eigenvalue weighted by atomic mass is 10.3. The maximum atomic E-state index is 11.7. The Morgan fingerprint density at radius 1 is 1.43 bits per heavy atom. The summed E-state index contributed by atoms with van der Waals surface area (Å²) in [5, 5.41) is 2.82. The van der Waals surface area contributed by atoms with Crippen molar-refractivity contribution in [1.82, 2.24) is 14.9 Å². The van der Waals surface area contributed by atoms with Gasteiger partial charge in [-0.05, 0) is 12.1 Å². The second-order valence-corrected chi connectivity index (χ2v) is 4.83. The van der Waals surface area contributed by atoms with Gasteiger partial charge >= 0.3 is 0 Å². The first-order valence-electron chi connectivity index (χ1n) is 6.87. The number of hydrogen-bond acceptors (Lipinski definition) is 4. The fourth-order valence-electron chi connectivity index (χ4n) is 2.18. The third-order valence-electron chi connectivity index (χ3n) is 3.29. The topological polar surface area (TPSA) is 65.4 Å². The van der Waals surface area contributed by atoms with Crippen molar-refractivity contribution in [2.45, 2.75) is 19.3 Å². The third-order valence-corrected chi connectivity index (χ3v) is 3.29. The zero-order valence-electron chi connectivity index (χ0n) is 11.6. The molecule has 0 saturated heterocycles. The summed E-state index contributed by atoms with van der Waals surface area (Å²) in [6.45, 7) is 1.66. The Hall–Kier alpha value is -2.34. The van der Waals surface area contributed by atoms with Crippen LogP contribution in [0.5, 0.6) is 5.75 Å². The van der Waals surface area contributed by atoms with Gasteiger partial charge in [0.05, 0.1) is 12.6 Å². The normalized spacial score (nSPS) is 17.0. The van der Waals surface area contributed by atoms with Crippen LogP contribution in [0.1, 0.15) is 5.82 Å². The molecule has 0 saturated carbocycles. The second kappa shape index (κ2) is 6.41. The minimum absolute atomic E-state index is 0.00700. The van der Waals surface area contributed by atoms with Crippen LogP contribution in [0.15, 0.2) is 42.7 Å². The lowest BCUT2D eigenvalue weighted by Crippen LogP contribution is -2.40. The molecule has 0 bridgehead atoms. The van der Waals surface area contributed by atoms with E-state index in [-0.39, 0.29) is 18.6 Å². The number of carbonyl (C=O) groups is 1. The van der Waals surface area contributed by atoms with Gasteiger partial charge in [-0.2, -0.15) is 0 Å². The lowest BCUT2D eigenvalue weighted by molar-refractivity contribution is -0.124. The van der Waals surface area contributed by atoms with Gasteiger partial charge in [0.1, 0.15) is 18.2 Å². The number of benzene rings is 1. The number of para-hydroxylation sites is 1. The molecule has 1 aromatic carbocycles. The van der Waals surface area contributed by atoms with Crippen molar-refractivity contribution in [3.05, 3.63) is 48.5 Å². The van der Waals surface area contributed by atoms with Crippen LogP contribution in [0.3, 0.4) is 0 Å². The predicted octanol–water partition coefficient (Wildman–Crippen LogP) is 0.977. The van der Waals surface area contributed by atoms with Gasteiger partial charge in [-0.1, -0.05) is 18.2 Å². The predicted molar refractivity (Wildman–Crippen MR) is 75.8 cm³/mol. The van der Waals surface area contributed by atoms with E-state index in [1.807, 2.05) is 41.1 Å². The molecule has 0 fully saturated rings. The highest BCUT2D eigenvalue weighted by Gasteiger charge is 2.19. The zero-order valence-corrected chi connectivity index (χ0v) is 11.6. The van der Waals surface area contributed by atoms with Crippen molar-refractivity contribution in [2.75, 3.05) is 13.2 Å². The molecule has 0 spiro atoms. The number of ether oxygens (including phenoxy) is 2. The molecule has 1 unspecified atom stereocenters. The van der Waals surface area contributed by atoms with Gasteiger partial charge in [0.25, 0.3) is 5.91 Å². The summed E-state index contributed by atoms with van der Waals surface area (Å²) < 4.78 is 13.1. The first-order valence-corrected chi connectivity index (χ1v) is 6.87. The van der Waals surface area contributed by atoms with E-state index in [9.17, 15) is 4.79 Å². The molecule has 3 rings (SSSR count). The van der Waals surface area contributed by atoms with Crippen LogP contribution in [-0.4, -0.2) is 34.7 Å². The molecule has 0 radical (unpaired) electrons. The number of rotatable bonds is 5. The number of hydrogen-bond donors (Lipinski definition) is 1. The van der Waals surface area contributed by atoms with Crippen molar-refractivity contribution in [3.63, 3.8) is 0 Å². The Labute approximate surface area is 122 Å². The minimum Gasteiger partial charge on any atom is -0.484 e. The van der Waals surface area contributed by atoms with Gasteiger partial charge in [0.15, 0.2) is 6.61 Å². The Morgan fingerprint density at radius 2 is 2.29 bits per heavy atom. The SMILES string of the molecule is O=C(COc1ccccc1)NCC1Cn2ccnc2CO1. The summed E-state index contributed by atoms with van der Waals surface area (Å²) in [4.78, 5) is 15.9. The molecule has 1 atom stereocenters. The Bertz CT molecular complexity index is 597. The van der Waals surface area contributed by atoms with E-state index in [1.165, 1.54) is 0 Å². The van der Waals surface area contributed by atoms with Crippen LogP contribution >= 0.6 is 0 Å². The number of fused-ring (bicyclic) bond motifs is 1. The maximum absolute atomic E-state index is 11.7. The van der Waals surface area contributed by atoms with E-state index in [1.54, 1.807) is 6.20 Å². The highest BCUT2D eigenvalue weighted by atomic mass is 16.5. The van der Waals surface area contributed by atoms with Crippen LogP contribution in [-0.2, 0) is 22.7 Å². The van der Waals surface area contributed by atoms with E-state index in [0.29, 0.717) is 25.4 Å². The van der Waals surface area contributed by atoms with Gasteiger partial charge in [0, 0.05) is 18.9 Å². The summed E-state index contributed by atoms with van der Waals surface area (Å²) in [5.74, 6) is 1.45. The molecule has 0 aliphatic carbocycles. The first kappa shape index (κ1) is 13.6. The summed E-state index contributed by atoms with van der Waals surface area (Å²) in [5.41, 5.74) is 0. The van der Waals surface area contributed by atoms with Gasteiger partial charge < -0.3 is 19.4 Å². The first-order chi connectivity index (χ1) is 10.3. The number of amides is 1. The number of nitrogens with one attached hydrogen (secondary N) is 1. The van der Waals surface area contributed by atoms with E-state index >= 15 is 0 Å². The number of imidazole rings is 1. The van der Waals surface area contributed by atoms with Crippen molar-refractivity contribution in [3.8, 4) is 5.75 Å². The Kier molecular flexibility index (Phi) is 4.16. The molecule has 1 aliphatic heterocycles. The average Bonchev–Trinajstić information content (AvgIpc) is 2.99. The van der Waals surface area contributed by atoms with Gasteiger partial charge in [0.2, 0.25) is 0 Å². The molecule has 2 aromatic rings. The molecule has 1 aliphatic rings. The highest BCUT2D eigenvalue weighted by Crippen LogP contribution is 2.11. The second-order valence-electron chi connectivity index (χ2n) is 4.83. The third kappa shape index (κ3) is 3.61. The van der Waals surface area contributed by atoms with Crippen LogP contribution in [0.4, 0.5) is 0 Å². The van der Waals surface area contributed by atoms with E-state index in [4.69, 9.17) is 9.47 Å². The molecular weight excluding hydrogens is 270 g/mol. The quantitative estimate of drug-likeness (QED) is 0.890. The Balaban J connectivity index is 1.40. The lowest BCUT2D eigenvalue weighted by Gasteiger charge is -2.24. The van der Waals surface area contributed by atoms with Crippen molar-refractivity contribution in [1.29, 1.82) is 0 Å². The number of carbonyl (C=O) groups excluding carboxylic acids is 1. The molecule has 2 heterocycles. The fraction of sp³-hybridized carbons (Fsp3) is 0.333. The van der Waals surface area contributed by atoms with Crippen molar-refractivity contribution >= 4 is 5.91 Å². The highest BCUT2D eigenvalue weighted by molar-refractivity contribution is 5.77. The molecule has 6 nitrogen and oxygen atoms in total. The van der Waals surface area contributed by atoms with Crippen LogP contribution in [0.25, 0.3) is 0 Å². The monoisotopic (exact) mass is 287 g/mol. The van der Waals surface area contributed by atoms with E-state index in [0.717, 1.165) is 5.82 Å². The minimum atomic E-state index is -0.154. The summed E-state index contributed by atoms with van der Waals surface area (Å²) in [6.07, 6.45) is 3.64. The van der Waals surface area contributed by atoms with Gasteiger partial charge in [-0.25, -0.2) is 4.98 Å². The standard InChI is InChI=1S/C15H17N3O3/c19-15(11-21-12-4-2-1-3-5-12)17-8-13-9-18-7-6-16-14(18)10-20-13/h1-7,13H,8-11H2,(H,17,19). The summed E-state index contributed by atoms with van der Waals surface area (Å²) in [7, 11) is 0. The van der Waals surface area contributed by atoms with Gasteiger partial charge in [-0.15, -0.1) is 0 Å². The molecule has 1 N–H and O–H groups in total. The number of aromatic nitrogens is 2. The molecule has 6 heteroatoms. The largest absolute Gasteiger partial charge is 0.484 e. The molecule has 21 heavy (non-hydrogen) atoms. The van der Waals surface area contributed by atoms with Crippen molar-refractivity contribution < 1.29 is 14.3 Å². The maximum Gasteiger partial charge on any atom is 0.258 e. The van der Waals surface area contributed by atoms with Crippen molar-refractivity contribution in [2.24, 2.45) is 0 Å². The van der Waals surface area contributed by atoms with Crippen LogP contribution in [0, 0.1) is 0 Å². The molecule has 1 aromatic heterocycles. The van der Waals surface area contributed by atoms with E-state index in [2.05, 4.69) is 10.3 Å². The van der Waals surface area contributed by atoms with Crippen LogP contribution in [0.2, 0.25) is 0 Å². The summed E-state index contributed by atoms with van der Waals surface area (Å²) in [6, 6.07) is 9.27. The van der Waals surface area contributed by atoms with Gasteiger partial charge in [-0.3, -0.25) is 4.79 Å².